The molecule has 0 radical (unpaired) electrons. The highest BCUT2D eigenvalue weighted by Crippen LogP contribution is 2.27. The molecule has 8 heteroatoms. The number of halogens is 1. The molecule has 0 fully saturated rings. The molecule has 0 saturated heterocycles. The number of thiophene rings is 1. The fourth-order valence-electron chi connectivity index (χ4n) is 1.91. The third-order valence-electron chi connectivity index (χ3n) is 3.17. The van der Waals surface area contributed by atoms with Crippen molar-refractivity contribution in [1.29, 1.82) is 0 Å². The van der Waals surface area contributed by atoms with Crippen LogP contribution >= 0.6 is 23.7 Å². The zero-order valence-electron chi connectivity index (χ0n) is 13.2. The molecule has 2 rings (SSSR count). The predicted molar refractivity (Wildman–Crippen MR) is 97.5 cm³/mol. The number of nitrogens with two attached hydrogens (primary N) is 1. The SMILES string of the molecule is COc1ccc(-c2csc(CNC(=O)CNC(=O)CN)c2)cc1.Cl. The normalized spacial score (nSPS) is 9.75. The van der Waals surface area contributed by atoms with Crippen LogP contribution in [-0.2, 0) is 16.1 Å². The summed E-state index contributed by atoms with van der Waals surface area (Å²) in [4.78, 5) is 23.6. The number of ether oxygens (including phenoxy) is 1. The zero-order chi connectivity index (χ0) is 16.7. The van der Waals surface area contributed by atoms with E-state index in [1.54, 1.807) is 18.4 Å². The van der Waals surface area contributed by atoms with E-state index in [9.17, 15) is 9.59 Å². The van der Waals surface area contributed by atoms with Crippen LogP contribution in [-0.4, -0.2) is 32.0 Å². The molecule has 24 heavy (non-hydrogen) atoms. The topological polar surface area (TPSA) is 93.5 Å². The molecule has 0 unspecified atom stereocenters. The second-order valence-corrected chi connectivity index (χ2v) is 5.78. The van der Waals surface area contributed by atoms with Crippen molar-refractivity contribution in [2.75, 3.05) is 20.2 Å². The largest absolute Gasteiger partial charge is 0.497 e. The number of nitrogens with one attached hydrogen (secondary N) is 2. The lowest BCUT2D eigenvalue weighted by Crippen LogP contribution is -2.39. The quantitative estimate of drug-likeness (QED) is 0.690. The van der Waals surface area contributed by atoms with Gasteiger partial charge in [0.1, 0.15) is 5.75 Å². The summed E-state index contributed by atoms with van der Waals surface area (Å²) in [5.41, 5.74) is 7.34. The van der Waals surface area contributed by atoms with Gasteiger partial charge in [0, 0.05) is 4.88 Å². The van der Waals surface area contributed by atoms with Crippen LogP contribution in [0.25, 0.3) is 11.1 Å². The summed E-state index contributed by atoms with van der Waals surface area (Å²) in [6.07, 6.45) is 0. The van der Waals surface area contributed by atoms with Gasteiger partial charge in [0.25, 0.3) is 0 Å². The van der Waals surface area contributed by atoms with Crippen molar-refractivity contribution in [2.24, 2.45) is 5.73 Å². The molecular weight excluding hydrogens is 350 g/mol. The van der Waals surface area contributed by atoms with Crippen molar-refractivity contribution in [3.05, 3.63) is 40.6 Å². The van der Waals surface area contributed by atoms with E-state index in [-0.39, 0.29) is 37.3 Å². The van der Waals surface area contributed by atoms with E-state index < -0.39 is 0 Å². The van der Waals surface area contributed by atoms with Gasteiger partial charge in [-0.05, 0) is 34.7 Å². The maximum absolute atomic E-state index is 11.6. The molecule has 2 amide bonds. The molecule has 0 atom stereocenters. The highest BCUT2D eigenvalue weighted by Gasteiger charge is 2.06. The second kappa shape index (κ2) is 9.92. The van der Waals surface area contributed by atoms with Crippen LogP contribution in [0.4, 0.5) is 0 Å². The molecule has 0 aliphatic rings. The third kappa shape index (κ3) is 5.84. The fourth-order valence-corrected chi connectivity index (χ4v) is 2.74. The first-order valence-electron chi connectivity index (χ1n) is 7.07. The minimum absolute atomic E-state index is 0. The Balaban J connectivity index is 0.00000288. The molecule has 0 saturated carbocycles. The van der Waals surface area contributed by atoms with Gasteiger partial charge in [0.2, 0.25) is 11.8 Å². The number of carbonyl (C=O) groups excluding carboxylic acids is 2. The lowest BCUT2D eigenvalue weighted by molar-refractivity contribution is -0.125. The Labute approximate surface area is 150 Å². The van der Waals surface area contributed by atoms with Gasteiger partial charge in [-0.1, -0.05) is 12.1 Å². The van der Waals surface area contributed by atoms with Crippen molar-refractivity contribution in [3.8, 4) is 16.9 Å². The van der Waals surface area contributed by atoms with Crippen molar-refractivity contribution in [1.82, 2.24) is 10.6 Å². The van der Waals surface area contributed by atoms with E-state index in [0.29, 0.717) is 6.54 Å². The number of rotatable bonds is 7. The van der Waals surface area contributed by atoms with E-state index in [1.807, 2.05) is 35.7 Å². The average molecular weight is 370 g/mol. The Hall–Kier alpha value is -2.09. The number of hydrogen-bond donors (Lipinski definition) is 3. The van der Waals surface area contributed by atoms with E-state index in [2.05, 4.69) is 10.6 Å². The summed E-state index contributed by atoms with van der Waals surface area (Å²) in [6.45, 7) is 0.244. The second-order valence-electron chi connectivity index (χ2n) is 4.79. The molecule has 0 aliphatic heterocycles. The molecule has 1 heterocycles. The van der Waals surface area contributed by atoms with E-state index >= 15 is 0 Å². The smallest absolute Gasteiger partial charge is 0.239 e. The molecule has 0 aliphatic carbocycles. The van der Waals surface area contributed by atoms with Crippen LogP contribution in [0, 0.1) is 0 Å². The van der Waals surface area contributed by atoms with Crippen LogP contribution in [0.3, 0.4) is 0 Å². The van der Waals surface area contributed by atoms with Gasteiger partial charge < -0.3 is 21.1 Å². The van der Waals surface area contributed by atoms with Gasteiger partial charge in [0.05, 0.1) is 26.7 Å². The van der Waals surface area contributed by atoms with E-state index in [1.165, 1.54) is 0 Å². The Morgan fingerprint density at radius 1 is 1.12 bits per heavy atom. The maximum Gasteiger partial charge on any atom is 0.239 e. The number of amides is 2. The highest BCUT2D eigenvalue weighted by atomic mass is 35.5. The minimum Gasteiger partial charge on any atom is -0.497 e. The summed E-state index contributed by atoms with van der Waals surface area (Å²) >= 11 is 1.57. The summed E-state index contributed by atoms with van der Waals surface area (Å²) < 4.78 is 5.14. The number of carbonyl (C=O) groups is 2. The average Bonchev–Trinajstić information content (AvgIpc) is 3.06. The van der Waals surface area contributed by atoms with Crippen LogP contribution < -0.4 is 21.1 Å². The van der Waals surface area contributed by atoms with E-state index in [0.717, 1.165) is 21.8 Å². The number of benzene rings is 1. The van der Waals surface area contributed by atoms with Gasteiger partial charge in [-0.2, -0.15) is 0 Å². The molecular formula is C16H20ClN3O3S. The van der Waals surface area contributed by atoms with Crippen LogP contribution in [0.2, 0.25) is 0 Å². The maximum atomic E-state index is 11.6. The number of hydrogen-bond acceptors (Lipinski definition) is 5. The molecule has 4 N–H and O–H groups in total. The summed E-state index contributed by atoms with van der Waals surface area (Å²) in [6, 6.07) is 9.84. The monoisotopic (exact) mass is 369 g/mol. The predicted octanol–water partition coefficient (Wildman–Crippen LogP) is 1.54. The molecule has 130 valence electrons. The van der Waals surface area contributed by atoms with Crippen molar-refractivity contribution < 1.29 is 14.3 Å². The third-order valence-corrected chi connectivity index (χ3v) is 4.11. The number of methoxy groups -OCH3 is 1. The Bertz CT molecular complexity index is 673. The minimum atomic E-state index is -0.349. The van der Waals surface area contributed by atoms with Gasteiger partial charge in [-0.25, -0.2) is 0 Å². The van der Waals surface area contributed by atoms with Crippen molar-refractivity contribution in [2.45, 2.75) is 6.54 Å². The van der Waals surface area contributed by atoms with Gasteiger partial charge in [-0.15, -0.1) is 23.7 Å². The van der Waals surface area contributed by atoms with Crippen LogP contribution in [0.5, 0.6) is 5.75 Å². The molecule has 2 aromatic rings. The van der Waals surface area contributed by atoms with Gasteiger partial charge in [0.15, 0.2) is 0 Å². The Morgan fingerprint density at radius 3 is 2.46 bits per heavy atom. The standard InChI is InChI=1S/C16H19N3O3S.ClH/c1-22-13-4-2-11(3-5-13)12-6-14(23-10-12)8-18-16(21)9-19-15(20)7-17;/h2-6,10H,7-9,17H2,1H3,(H,18,21)(H,19,20);1H. The first-order valence-corrected chi connectivity index (χ1v) is 7.95. The lowest BCUT2D eigenvalue weighted by atomic mass is 10.1. The fraction of sp³-hybridized carbons (Fsp3) is 0.250. The molecule has 1 aromatic heterocycles. The highest BCUT2D eigenvalue weighted by molar-refractivity contribution is 7.10. The molecule has 0 bridgehead atoms. The summed E-state index contributed by atoms with van der Waals surface area (Å²) in [5, 5.41) is 7.22. The Morgan fingerprint density at radius 2 is 1.83 bits per heavy atom. The Kier molecular flexibility index (Phi) is 8.25. The lowest BCUT2D eigenvalue weighted by Gasteiger charge is -2.04. The summed E-state index contributed by atoms with van der Waals surface area (Å²) in [7, 11) is 1.64. The molecule has 6 nitrogen and oxygen atoms in total. The van der Waals surface area contributed by atoms with Crippen LogP contribution in [0.1, 0.15) is 4.88 Å². The molecule has 1 aromatic carbocycles. The molecule has 0 spiro atoms. The van der Waals surface area contributed by atoms with Crippen molar-refractivity contribution >= 4 is 35.6 Å². The van der Waals surface area contributed by atoms with Gasteiger partial charge in [-0.3, -0.25) is 9.59 Å². The first kappa shape index (κ1) is 20.0. The van der Waals surface area contributed by atoms with Crippen LogP contribution in [0.15, 0.2) is 35.7 Å². The first-order chi connectivity index (χ1) is 11.1. The van der Waals surface area contributed by atoms with Crippen molar-refractivity contribution in [3.63, 3.8) is 0 Å². The van der Waals surface area contributed by atoms with E-state index in [4.69, 9.17) is 10.5 Å². The van der Waals surface area contributed by atoms with Gasteiger partial charge >= 0.3 is 0 Å². The summed E-state index contributed by atoms with van der Waals surface area (Å²) in [5.74, 6) is 0.222. The zero-order valence-corrected chi connectivity index (χ0v) is 14.8.